The molecule has 0 aliphatic carbocycles. The van der Waals surface area contributed by atoms with Gasteiger partial charge in [0.1, 0.15) is 0 Å². The fourth-order valence-electron chi connectivity index (χ4n) is 0. The zero-order chi connectivity index (χ0) is 0. The Hall–Kier alpha value is 3.74. The van der Waals surface area contributed by atoms with Gasteiger partial charge in [0.05, 0.1) is 0 Å². The Morgan fingerprint density at radius 2 is 1.00 bits per heavy atom. The molecule has 0 bridgehead atoms. The molecule has 0 aromatic heterocycles. The first-order valence-corrected chi connectivity index (χ1v) is 0. The van der Waals surface area contributed by atoms with Gasteiger partial charge in [0.25, 0.3) is 0 Å². The van der Waals surface area contributed by atoms with Crippen molar-refractivity contribution in [3.05, 3.63) is 0 Å². The van der Waals surface area contributed by atoms with E-state index in [1.165, 1.54) is 0 Å². The van der Waals surface area contributed by atoms with E-state index in [-0.39, 0.29) is 119 Å². The summed E-state index contributed by atoms with van der Waals surface area (Å²) >= 11 is 0. The van der Waals surface area contributed by atoms with Gasteiger partial charge in [-0.1, -0.05) is 0 Å². The summed E-state index contributed by atoms with van der Waals surface area (Å²) in [5.74, 6) is 0. The largest absolute Gasteiger partial charge is 0 e. The van der Waals surface area contributed by atoms with E-state index < -0.39 is 0 Å². The average Bonchev–Trinajstić information content (AvgIpc) is 0. The predicted molar refractivity (Wildman–Crippen MR) is 12.2 cm³/mol. The number of hydrogen-bond donors (Lipinski definition) is 0. The van der Waals surface area contributed by atoms with Crippen LogP contribution in [0.25, 0.3) is 0 Å². The van der Waals surface area contributed by atoms with Gasteiger partial charge in [-0.25, -0.2) is 0 Å². The van der Waals surface area contributed by atoms with Crippen molar-refractivity contribution in [3.8, 4) is 0 Å². The van der Waals surface area contributed by atoms with Gasteiger partial charge in [0, 0.05) is 68.3 Å². The van der Waals surface area contributed by atoms with Gasteiger partial charge in [0.2, 0.25) is 0 Å². The van der Waals surface area contributed by atoms with Crippen molar-refractivity contribution >= 4 is 45.5 Å². The molecule has 2 N–H and O–H groups in total. The molecule has 0 spiro atoms. The molecule has 4 heavy (non-hydrogen) atoms. The Balaban J connectivity index is 0. The van der Waals surface area contributed by atoms with Crippen LogP contribution >= 0.6 is 0 Å². The maximum atomic E-state index is 0. The second-order valence-electron chi connectivity index (χ2n) is 0. The van der Waals surface area contributed by atoms with Gasteiger partial charge < -0.3 is 5.48 Å². The Morgan fingerprint density at radius 3 is 1.00 bits per heavy atom. The van der Waals surface area contributed by atoms with Crippen LogP contribution in [0.5, 0.6) is 0 Å². The Labute approximate surface area is 116 Å². The summed E-state index contributed by atoms with van der Waals surface area (Å²) in [5.41, 5.74) is 0. The minimum absolute atomic E-state index is 0. The molecule has 0 atom stereocenters. The third kappa shape index (κ3) is 9.22. The van der Waals surface area contributed by atoms with Crippen molar-refractivity contribution in [1.82, 2.24) is 0 Å². The molecule has 0 fully saturated rings. The molecule has 0 rings (SSSR count). The fraction of sp³-hybridized carbons (Fsp3) is 0. The van der Waals surface area contributed by atoms with Gasteiger partial charge in [-0.15, -0.1) is 0 Å². The van der Waals surface area contributed by atoms with Crippen LogP contribution in [0, 0.1) is 35.6 Å². The summed E-state index contributed by atoms with van der Waals surface area (Å²) in [6.45, 7) is 0. The molecule has 0 aromatic rings. The number of hydrogen-bond acceptors (Lipinski definition) is 0. The Bertz CT molecular complexity index is 8.00. The van der Waals surface area contributed by atoms with E-state index in [2.05, 4.69) is 0 Å². The van der Waals surface area contributed by atoms with Crippen LogP contribution in [-0.2, 0) is 32.7 Å². The molecule has 0 saturated heterocycles. The normalized spacial score (nSPS) is 0. The molecule has 18 valence electrons. The van der Waals surface area contributed by atoms with Crippen LogP contribution < -0.4 is 0 Å². The van der Waals surface area contributed by atoms with E-state index in [9.17, 15) is 0 Å². The zero-order valence-corrected chi connectivity index (χ0v) is 8.12. The first kappa shape index (κ1) is 25.1. The van der Waals surface area contributed by atoms with Crippen molar-refractivity contribution < 1.29 is 73.8 Å². The van der Waals surface area contributed by atoms with Gasteiger partial charge in [0.15, 0.2) is 0 Å². The molecule has 0 aliphatic heterocycles. The molecule has 0 aliphatic rings. The van der Waals surface area contributed by atoms with Crippen molar-refractivity contribution in [2.75, 3.05) is 0 Å². The third-order valence-corrected chi connectivity index (χ3v) is 0. The monoisotopic (exact) mass is 336 g/mol. The van der Waals surface area contributed by atoms with E-state index in [0.29, 0.717) is 0 Å². The summed E-state index contributed by atoms with van der Waals surface area (Å²) in [7, 11) is 0. The van der Waals surface area contributed by atoms with E-state index in [0.717, 1.165) is 0 Å². The minimum Gasteiger partial charge on any atom is 0 e. The summed E-state index contributed by atoms with van der Waals surface area (Å²) in [6, 6.07) is 0. The summed E-state index contributed by atoms with van der Waals surface area (Å²) in [5, 5.41) is 0. The SMILES string of the molecule is O.[La].[SrH2].[Y]. The average molecular weight is 335 g/mol. The van der Waals surface area contributed by atoms with Gasteiger partial charge >= 0.3 is 45.5 Å². The molecular formula is H4LaOSrY. The first-order valence-electron chi connectivity index (χ1n) is 0. The summed E-state index contributed by atoms with van der Waals surface area (Å²) in [4.78, 5) is 0. The van der Waals surface area contributed by atoms with Crippen LogP contribution in [0.4, 0.5) is 0 Å². The maximum absolute atomic E-state index is 0. The minimum atomic E-state index is 0. The Kier molecular flexibility index (Phi) is 99.8. The molecule has 0 heterocycles. The fourth-order valence-corrected chi connectivity index (χ4v) is 0. The molecule has 0 unspecified atom stereocenters. The van der Waals surface area contributed by atoms with Crippen molar-refractivity contribution in [3.63, 3.8) is 0 Å². The van der Waals surface area contributed by atoms with Crippen LogP contribution in [0.2, 0.25) is 0 Å². The molecule has 1 nitrogen and oxygen atoms in total. The van der Waals surface area contributed by atoms with Crippen LogP contribution in [0.3, 0.4) is 0 Å². The van der Waals surface area contributed by atoms with Gasteiger partial charge in [-0.2, -0.15) is 0 Å². The van der Waals surface area contributed by atoms with Crippen LogP contribution in [0.1, 0.15) is 0 Å². The van der Waals surface area contributed by atoms with E-state index in [1.54, 1.807) is 0 Å². The van der Waals surface area contributed by atoms with Gasteiger partial charge in [-0.05, 0) is 0 Å². The summed E-state index contributed by atoms with van der Waals surface area (Å²) in [6.07, 6.45) is 0. The molecule has 0 saturated carbocycles. The second kappa shape index (κ2) is 15.9. The van der Waals surface area contributed by atoms with Gasteiger partial charge in [-0.3, -0.25) is 0 Å². The quantitative estimate of drug-likeness (QED) is 0.471. The second-order valence-corrected chi connectivity index (χ2v) is 0. The van der Waals surface area contributed by atoms with Crippen LogP contribution in [0.15, 0.2) is 0 Å². The third-order valence-electron chi connectivity index (χ3n) is 0. The molecule has 2 radical (unpaired) electrons. The molecule has 0 amide bonds. The molecule has 4 heteroatoms. The molecular weight excluding hydrogens is 331 g/mol. The van der Waals surface area contributed by atoms with Crippen LogP contribution in [-0.4, -0.2) is 51.0 Å². The van der Waals surface area contributed by atoms with E-state index in [4.69, 9.17) is 0 Å². The predicted octanol–water partition coefficient (Wildman–Crippen LogP) is -1.74. The van der Waals surface area contributed by atoms with Crippen molar-refractivity contribution in [2.24, 2.45) is 0 Å². The summed E-state index contributed by atoms with van der Waals surface area (Å²) < 4.78 is 0. The standard InChI is InChI=1S/La.H2O.Sr.Y.2H/h;1H2;;;;. The van der Waals surface area contributed by atoms with E-state index >= 15 is 0 Å². The maximum Gasteiger partial charge on any atom is 0 e. The van der Waals surface area contributed by atoms with Crippen molar-refractivity contribution in [1.29, 1.82) is 0 Å². The topological polar surface area (TPSA) is 31.5 Å². The number of rotatable bonds is 0. The zero-order valence-electron chi connectivity index (χ0n) is 1.65. The molecule has 0 aromatic carbocycles. The first-order chi connectivity index (χ1) is 0. The van der Waals surface area contributed by atoms with E-state index in [1.807, 2.05) is 0 Å². The van der Waals surface area contributed by atoms with Crippen molar-refractivity contribution in [2.45, 2.75) is 0 Å². The Morgan fingerprint density at radius 1 is 1.00 bits per heavy atom. The smallest absolute Gasteiger partial charge is 0 e.